The maximum absolute atomic E-state index is 11.4. The third-order valence-electron chi connectivity index (χ3n) is 3.38. The number of aliphatic hydroxyl groups is 1. The predicted molar refractivity (Wildman–Crippen MR) is 87.5 cm³/mol. The summed E-state index contributed by atoms with van der Waals surface area (Å²) in [6, 6.07) is 7.71. The zero-order valence-corrected chi connectivity index (χ0v) is 13.6. The van der Waals surface area contributed by atoms with Crippen LogP contribution >= 0.6 is 11.3 Å². The van der Waals surface area contributed by atoms with Crippen molar-refractivity contribution < 1.29 is 15.0 Å². The van der Waals surface area contributed by atoms with Gasteiger partial charge in [0.25, 0.3) is 0 Å². The van der Waals surface area contributed by atoms with Crippen LogP contribution in [0.2, 0.25) is 0 Å². The van der Waals surface area contributed by atoms with Crippen molar-refractivity contribution in [2.24, 2.45) is 0 Å². The third kappa shape index (κ3) is 4.13. The van der Waals surface area contributed by atoms with E-state index in [1.165, 1.54) is 11.3 Å². The van der Waals surface area contributed by atoms with Gasteiger partial charge in [0.05, 0.1) is 17.3 Å². The monoisotopic (exact) mass is 320 g/mol. The Balaban J connectivity index is 2.22. The summed E-state index contributed by atoms with van der Waals surface area (Å²) in [4.78, 5) is 18.2. The van der Waals surface area contributed by atoms with Crippen molar-refractivity contribution in [1.82, 2.24) is 9.88 Å². The van der Waals surface area contributed by atoms with Crippen LogP contribution in [0.15, 0.2) is 24.3 Å². The van der Waals surface area contributed by atoms with Gasteiger partial charge in [-0.3, -0.25) is 0 Å². The number of carboxylic acid groups (broad SMARTS) is 1. The first-order chi connectivity index (χ1) is 10.5. The second-order valence-corrected chi connectivity index (χ2v) is 6.32. The number of aromatic nitrogens is 1. The Hall–Kier alpha value is -1.76. The van der Waals surface area contributed by atoms with Crippen LogP contribution in [0.25, 0.3) is 11.3 Å². The molecule has 6 heteroatoms. The predicted octanol–water partition coefficient (Wildman–Crippen LogP) is 2.28. The summed E-state index contributed by atoms with van der Waals surface area (Å²) in [6.07, 6.45) is 0.674. The van der Waals surface area contributed by atoms with E-state index in [0.717, 1.165) is 22.7 Å². The lowest BCUT2D eigenvalue weighted by Crippen LogP contribution is -2.24. The number of carbonyl (C=O) groups is 1. The van der Waals surface area contributed by atoms with Crippen LogP contribution in [0.3, 0.4) is 0 Å². The lowest BCUT2D eigenvalue weighted by molar-refractivity contribution is 0.0702. The zero-order chi connectivity index (χ0) is 16.1. The molecule has 0 bridgehead atoms. The Morgan fingerprint density at radius 3 is 2.55 bits per heavy atom. The lowest BCUT2D eigenvalue weighted by Gasteiger charge is -2.13. The molecular formula is C16H20N2O3S. The van der Waals surface area contributed by atoms with Crippen LogP contribution < -0.4 is 0 Å². The quantitative estimate of drug-likeness (QED) is 0.819. The highest BCUT2D eigenvalue weighted by Crippen LogP contribution is 2.29. The van der Waals surface area contributed by atoms with Crippen LogP contribution in [0.5, 0.6) is 0 Å². The average Bonchev–Trinajstić information content (AvgIpc) is 2.91. The van der Waals surface area contributed by atoms with Crippen LogP contribution in [0.1, 0.15) is 20.2 Å². The first kappa shape index (κ1) is 16.6. The van der Waals surface area contributed by atoms with Crippen LogP contribution in [-0.4, -0.2) is 52.8 Å². The van der Waals surface area contributed by atoms with Gasteiger partial charge in [-0.05, 0) is 14.0 Å². The summed E-state index contributed by atoms with van der Waals surface area (Å²) in [5, 5.41) is 19.1. The molecule has 0 radical (unpaired) electrons. The zero-order valence-electron chi connectivity index (χ0n) is 12.7. The van der Waals surface area contributed by atoms with E-state index in [1.807, 2.05) is 43.1 Å². The largest absolute Gasteiger partial charge is 0.477 e. The molecule has 22 heavy (non-hydrogen) atoms. The van der Waals surface area contributed by atoms with E-state index in [9.17, 15) is 9.90 Å². The standard InChI is InChI=1S/C16H20N2O3S/c1-11-3-5-12(6-4-11)14-15(16(20)21)22-13(17-14)7-8-18(2)9-10-19/h3-6,19H,7-10H2,1-2H3,(H,20,21). The van der Waals surface area contributed by atoms with Crippen LogP contribution in [-0.2, 0) is 6.42 Å². The average molecular weight is 320 g/mol. The van der Waals surface area contributed by atoms with Gasteiger partial charge in [-0.1, -0.05) is 29.8 Å². The molecule has 1 aromatic carbocycles. The molecule has 0 saturated heterocycles. The van der Waals surface area contributed by atoms with Gasteiger partial charge in [0.2, 0.25) is 0 Å². The first-order valence-electron chi connectivity index (χ1n) is 7.10. The highest BCUT2D eigenvalue weighted by atomic mass is 32.1. The second-order valence-electron chi connectivity index (χ2n) is 5.23. The maximum Gasteiger partial charge on any atom is 0.348 e. The van der Waals surface area contributed by atoms with Crippen LogP contribution in [0.4, 0.5) is 0 Å². The van der Waals surface area contributed by atoms with Gasteiger partial charge in [-0.25, -0.2) is 9.78 Å². The number of rotatable bonds is 7. The SMILES string of the molecule is Cc1ccc(-c2nc(CCN(C)CCO)sc2C(=O)O)cc1. The van der Waals surface area contributed by atoms with Gasteiger partial charge in [0, 0.05) is 25.1 Å². The number of benzene rings is 1. The maximum atomic E-state index is 11.4. The lowest BCUT2D eigenvalue weighted by atomic mass is 10.1. The van der Waals surface area contributed by atoms with Gasteiger partial charge in [0.15, 0.2) is 0 Å². The first-order valence-corrected chi connectivity index (χ1v) is 7.92. The molecule has 0 aliphatic rings. The number of aryl methyl sites for hydroxylation is 1. The topological polar surface area (TPSA) is 73.7 Å². The normalized spacial score (nSPS) is 11.1. The smallest absolute Gasteiger partial charge is 0.348 e. The fourth-order valence-corrected chi connectivity index (χ4v) is 3.01. The van der Waals surface area contributed by atoms with Crippen molar-refractivity contribution in [3.05, 3.63) is 39.7 Å². The number of thiazole rings is 1. The highest BCUT2D eigenvalue weighted by molar-refractivity contribution is 7.14. The van der Waals surface area contributed by atoms with Crippen molar-refractivity contribution in [1.29, 1.82) is 0 Å². The Bertz CT molecular complexity index is 637. The molecule has 2 N–H and O–H groups in total. The van der Waals surface area contributed by atoms with E-state index in [-0.39, 0.29) is 11.5 Å². The van der Waals surface area contributed by atoms with Crippen molar-refractivity contribution in [3.63, 3.8) is 0 Å². The molecule has 2 rings (SSSR count). The molecule has 1 heterocycles. The number of carboxylic acids is 1. The van der Waals surface area contributed by atoms with Crippen molar-refractivity contribution in [2.45, 2.75) is 13.3 Å². The molecule has 0 saturated carbocycles. The molecule has 118 valence electrons. The molecule has 0 spiro atoms. The fraction of sp³-hybridized carbons (Fsp3) is 0.375. The summed E-state index contributed by atoms with van der Waals surface area (Å²) in [5.41, 5.74) is 2.49. The Kier molecular flexibility index (Phi) is 5.65. The second kappa shape index (κ2) is 7.49. The number of aliphatic hydroxyl groups excluding tert-OH is 1. The minimum absolute atomic E-state index is 0.114. The molecule has 5 nitrogen and oxygen atoms in total. The minimum atomic E-state index is -0.942. The van der Waals surface area contributed by atoms with Gasteiger partial charge >= 0.3 is 5.97 Å². The number of nitrogens with zero attached hydrogens (tertiary/aromatic N) is 2. The van der Waals surface area contributed by atoms with Gasteiger partial charge in [-0.15, -0.1) is 11.3 Å². The van der Waals surface area contributed by atoms with E-state index in [0.29, 0.717) is 18.7 Å². The number of aromatic carboxylic acids is 1. The van der Waals surface area contributed by atoms with E-state index in [1.54, 1.807) is 0 Å². The molecule has 0 atom stereocenters. The summed E-state index contributed by atoms with van der Waals surface area (Å²) in [7, 11) is 1.92. The van der Waals surface area contributed by atoms with Gasteiger partial charge in [-0.2, -0.15) is 0 Å². The van der Waals surface area contributed by atoms with Crippen molar-refractivity contribution in [3.8, 4) is 11.3 Å². The molecular weight excluding hydrogens is 300 g/mol. The molecule has 0 amide bonds. The molecule has 0 unspecified atom stereocenters. The summed E-state index contributed by atoms with van der Waals surface area (Å²) >= 11 is 1.23. The number of likely N-dealkylation sites (N-methyl/N-ethyl adjacent to an activating group) is 1. The molecule has 0 aliphatic carbocycles. The Labute approximate surface area is 133 Å². The highest BCUT2D eigenvalue weighted by Gasteiger charge is 2.18. The van der Waals surface area contributed by atoms with Gasteiger partial charge < -0.3 is 15.1 Å². The van der Waals surface area contributed by atoms with Crippen LogP contribution in [0, 0.1) is 6.92 Å². The third-order valence-corrected chi connectivity index (χ3v) is 4.48. The Morgan fingerprint density at radius 1 is 1.27 bits per heavy atom. The van der Waals surface area contributed by atoms with Crippen molar-refractivity contribution in [2.75, 3.05) is 26.7 Å². The number of hydrogen-bond acceptors (Lipinski definition) is 5. The molecule has 0 aliphatic heterocycles. The Morgan fingerprint density at radius 2 is 1.95 bits per heavy atom. The summed E-state index contributed by atoms with van der Waals surface area (Å²) in [5.74, 6) is -0.942. The number of hydrogen-bond donors (Lipinski definition) is 2. The fourth-order valence-electron chi connectivity index (χ4n) is 2.09. The molecule has 0 fully saturated rings. The van der Waals surface area contributed by atoms with E-state index >= 15 is 0 Å². The molecule has 1 aromatic heterocycles. The van der Waals surface area contributed by atoms with Gasteiger partial charge in [0.1, 0.15) is 4.88 Å². The van der Waals surface area contributed by atoms with E-state index in [4.69, 9.17) is 5.11 Å². The minimum Gasteiger partial charge on any atom is -0.477 e. The van der Waals surface area contributed by atoms with E-state index < -0.39 is 5.97 Å². The molecule has 2 aromatic rings. The summed E-state index contributed by atoms with van der Waals surface area (Å²) in [6.45, 7) is 3.44. The summed E-state index contributed by atoms with van der Waals surface area (Å²) < 4.78 is 0. The van der Waals surface area contributed by atoms with E-state index in [2.05, 4.69) is 4.98 Å². The van der Waals surface area contributed by atoms with Crippen molar-refractivity contribution >= 4 is 17.3 Å².